The van der Waals surface area contributed by atoms with Gasteiger partial charge in [0, 0.05) is 25.0 Å². The Bertz CT molecular complexity index is 549. The van der Waals surface area contributed by atoms with Crippen LogP contribution in [0.1, 0.15) is 29.9 Å². The quantitative estimate of drug-likeness (QED) is 0.821. The van der Waals surface area contributed by atoms with Gasteiger partial charge < -0.3 is 15.1 Å². The molecule has 2 aromatic rings. The third-order valence-corrected chi connectivity index (χ3v) is 3.16. The summed E-state index contributed by atoms with van der Waals surface area (Å²) in [6.07, 6.45) is 6.13. The number of anilines is 1. The van der Waals surface area contributed by atoms with Crippen molar-refractivity contribution < 1.29 is 4.42 Å². The van der Waals surface area contributed by atoms with Crippen LogP contribution in [0.25, 0.3) is 0 Å². The van der Waals surface area contributed by atoms with Crippen molar-refractivity contribution in [1.29, 1.82) is 0 Å². The highest BCUT2D eigenvalue weighted by Crippen LogP contribution is 2.19. The Morgan fingerprint density at radius 2 is 2.21 bits per heavy atom. The molecule has 0 atom stereocenters. The summed E-state index contributed by atoms with van der Waals surface area (Å²) in [5, 5.41) is 14.4. The molecule has 0 bridgehead atoms. The van der Waals surface area contributed by atoms with E-state index in [0.717, 1.165) is 5.56 Å². The van der Waals surface area contributed by atoms with Gasteiger partial charge in [-0.15, -0.1) is 5.10 Å². The molecule has 2 N–H and O–H groups in total. The van der Waals surface area contributed by atoms with Crippen LogP contribution in [0.5, 0.6) is 0 Å². The predicted molar refractivity (Wildman–Crippen MR) is 70.5 cm³/mol. The third kappa shape index (κ3) is 3.29. The molecule has 0 aliphatic heterocycles. The van der Waals surface area contributed by atoms with Crippen LogP contribution in [0.15, 0.2) is 22.9 Å². The highest BCUT2D eigenvalue weighted by Gasteiger charge is 2.21. The van der Waals surface area contributed by atoms with Crippen molar-refractivity contribution in [3.63, 3.8) is 0 Å². The summed E-state index contributed by atoms with van der Waals surface area (Å²) in [7, 11) is 0. The molecule has 2 heterocycles. The first-order valence-corrected chi connectivity index (χ1v) is 6.50. The van der Waals surface area contributed by atoms with Gasteiger partial charge in [0.15, 0.2) is 0 Å². The summed E-state index contributed by atoms with van der Waals surface area (Å²) in [5.74, 6) is 0.623. The molecule has 1 aliphatic rings. The van der Waals surface area contributed by atoms with Crippen LogP contribution in [0.4, 0.5) is 6.01 Å². The van der Waals surface area contributed by atoms with Crippen LogP contribution >= 0.6 is 0 Å². The minimum absolute atomic E-state index is 0.454. The van der Waals surface area contributed by atoms with E-state index in [1.54, 1.807) is 6.20 Å². The zero-order valence-corrected chi connectivity index (χ0v) is 10.9. The van der Waals surface area contributed by atoms with Crippen LogP contribution in [0.2, 0.25) is 0 Å². The fraction of sp³-hybridized carbons (Fsp3) is 0.462. The Balaban J connectivity index is 1.53. The van der Waals surface area contributed by atoms with Gasteiger partial charge in [0.2, 0.25) is 5.89 Å². The van der Waals surface area contributed by atoms with Gasteiger partial charge in [-0.25, -0.2) is 0 Å². The molecule has 0 unspecified atom stereocenters. The first-order valence-electron chi connectivity index (χ1n) is 6.50. The van der Waals surface area contributed by atoms with E-state index in [-0.39, 0.29) is 0 Å². The highest BCUT2D eigenvalue weighted by atomic mass is 16.4. The lowest BCUT2D eigenvalue weighted by Gasteiger charge is -2.04. The second-order valence-electron chi connectivity index (χ2n) is 4.81. The monoisotopic (exact) mass is 259 g/mol. The van der Waals surface area contributed by atoms with Gasteiger partial charge >= 0.3 is 6.01 Å². The fourth-order valence-electron chi connectivity index (χ4n) is 1.77. The minimum atomic E-state index is 0.454. The van der Waals surface area contributed by atoms with Crippen LogP contribution in [-0.2, 0) is 13.1 Å². The van der Waals surface area contributed by atoms with Gasteiger partial charge in [-0.2, -0.15) is 0 Å². The standard InChI is InChI=1S/C13H17N5O/c1-9-4-5-14-6-10(9)7-16-13-18-17-12(19-13)8-15-11-2-3-11/h4-6,11,15H,2-3,7-8H2,1H3,(H,16,18). The maximum Gasteiger partial charge on any atom is 0.315 e. The van der Waals surface area contributed by atoms with Crippen LogP contribution in [0, 0.1) is 6.92 Å². The van der Waals surface area contributed by atoms with E-state index in [9.17, 15) is 0 Å². The summed E-state index contributed by atoms with van der Waals surface area (Å²) < 4.78 is 5.51. The summed E-state index contributed by atoms with van der Waals surface area (Å²) in [5.41, 5.74) is 2.32. The topological polar surface area (TPSA) is 75.9 Å². The van der Waals surface area contributed by atoms with Crippen LogP contribution in [-0.4, -0.2) is 21.2 Å². The van der Waals surface area contributed by atoms with Gasteiger partial charge in [-0.3, -0.25) is 4.98 Å². The lowest BCUT2D eigenvalue weighted by molar-refractivity contribution is 0.475. The number of aromatic nitrogens is 3. The second kappa shape index (κ2) is 5.36. The molecular weight excluding hydrogens is 242 g/mol. The predicted octanol–water partition coefficient (Wildman–Crippen LogP) is 1.64. The van der Waals surface area contributed by atoms with Crippen molar-refractivity contribution in [2.24, 2.45) is 0 Å². The minimum Gasteiger partial charge on any atom is -0.407 e. The Hall–Kier alpha value is -1.95. The average Bonchev–Trinajstić information content (AvgIpc) is 3.14. The van der Waals surface area contributed by atoms with Gasteiger partial charge in [-0.05, 0) is 37.0 Å². The normalized spacial score (nSPS) is 14.6. The summed E-state index contributed by atoms with van der Waals surface area (Å²) in [6.45, 7) is 3.33. The van der Waals surface area contributed by atoms with E-state index < -0.39 is 0 Å². The molecule has 0 aromatic carbocycles. The molecule has 0 radical (unpaired) electrons. The van der Waals surface area contributed by atoms with Gasteiger partial charge in [0.05, 0.1) is 6.54 Å². The number of pyridine rings is 1. The maximum atomic E-state index is 5.51. The van der Waals surface area contributed by atoms with Gasteiger partial charge in [-0.1, -0.05) is 5.10 Å². The smallest absolute Gasteiger partial charge is 0.315 e. The van der Waals surface area contributed by atoms with Crippen LogP contribution < -0.4 is 10.6 Å². The maximum absolute atomic E-state index is 5.51. The lowest BCUT2D eigenvalue weighted by atomic mass is 10.2. The SMILES string of the molecule is Cc1ccncc1CNc1nnc(CNC2CC2)o1. The third-order valence-electron chi connectivity index (χ3n) is 3.16. The van der Waals surface area contributed by atoms with Gasteiger partial charge in [0.25, 0.3) is 0 Å². The molecule has 19 heavy (non-hydrogen) atoms. The lowest BCUT2D eigenvalue weighted by Crippen LogP contribution is -2.15. The zero-order valence-electron chi connectivity index (χ0n) is 10.9. The Morgan fingerprint density at radius 3 is 3.00 bits per heavy atom. The number of hydrogen-bond donors (Lipinski definition) is 2. The molecule has 6 nitrogen and oxygen atoms in total. The molecule has 0 saturated heterocycles. The number of nitrogens with zero attached hydrogens (tertiary/aromatic N) is 3. The molecule has 100 valence electrons. The molecule has 0 spiro atoms. The van der Waals surface area contributed by atoms with E-state index in [2.05, 4.69) is 32.7 Å². The molecule has 0 amide bonds. The van der Waals surface area contributed by atoms with Gasteiger partial charge in [0.1, 0.15) is 0 Å². The van der Waals surface area contributed by atoms with E-state index >= 15 is 0 Å². The summed E-state index contributed by atoms with van der Waals surface area (Å²) in [4.78, 5) is 4.10. The van der Waals surface area contributed by atoms with E-state index in [0.29, 0.717) is 31.0 Å². The summed E-state index contributed by atoms with van der Waals surface area (Å²) in [6, 6.07) is 3.08. The fourth-order valence-corrected chi connectivity index (χ4v) is 1.77. The molecule has 1 fully saturated rings. The molecule has 3 rings (SSSR count). The second-order valence-corrected chi connectivity index (χ2v) is 4.81. The van der Waals surface area contributed by atoms with Crippen molar-refractivity contribution in [3.8, 4) is 0 Å². The Morgan fingerprint density at radius 1 is 1.32 bits per heavy atom. The Kier molecular flexibility index (Phi) is 3.41. The molecule has 1 aliphatic carbocycles. The van der Waals surface area contributed by atoms with Crippen LogP contribution in [0.3, 0.4) is 0 Å². The van der Waals surface area contributed by atoms with E-state index in [1.807, 2.05) is 12.3 Å². The van der Waals surface area contributed by atoms with Crippen molar-refractivity contribution in [1.82, 2.24) is 20.5 Å². The zero-order chi connectivity index (χ0) is 13.1. The average molecular weight is 259 g/mol. The number of aryl methyl sites for hydroxylation is 1. The molecule has 2 aromatic heterocycles. The highest BCUT2D eigenvalue weighted by molar-refractivity contribution is 5.27. The van der Waals surface area contributed by atoms with Crippen molar-refractivity contribution in [2.75, 3.05) is 5.32 Å². The summed E-state index contributed by atoms with van der Waals surface area (Å²) >= 11 is 0. The molecule has 1 saturated carbocycles. The first-order chi connectivity index (χ1) is 9.31. The van der Waals surface area contributed by atoms with Crippen molar-refractivity contribution in [2.45, 2.75) is 38.9 Å². The van der Waals surface area contributed by atoms with Crippen molar-refractivity contribution >= 4 is 6.01 Å². The van der Waals surface area contributed by atoms with E-state index in [4.69, 9.17) is 4.42 Å². The first kappa shape index (κ1) is 12.1. The van der Waals surface area contributed by atoms with Crippen molar-refractivity contribution in [3.05, 3.63) is 35.5 Å². The van der Waals surface area contributed by atoms with E-state index in [1.165, 1.54) is 18.4 Å². The molecule has 6 heteroatoms. The number of hydrogen-bond acceptors (Lipinski definition) is 6. The largest absolute Gasteiger partial charge is 0.407 e. The number of nitrogens with one attached hydrogen (secondary N) is 2. The molecular formula is C13H17N5O. The number of rotatable bonds is 6. The Labute approximate surface area is 111 Å².